The van der Waals surface area contributed by atoms with Gasteiger partial charge in [0.05, 0.1) is 30.2 Å². The molecule has 9 heteroatoms. The minimum atomic E-state index is -4.43. The smallest absolute Gasteiger partial charge is 0.384 e. The van der Waals surface area contributed by atoms with Crippen LogP contribution in [0.2, 0.25) is 0 Å². The van der Waals surface area contributed by atoms with E-state index in [-0.39, 0.29) is 5.69 Å². The van der Waals surface area contributed by atoms with Crippen LogP contribution in [-0.4, -0.2) is 56.9 Å². The van der Waals surface area contributed by atoms with Crippen molar-refractivity contribution in [2.24, 2.45) is 0 Å². The summed E-state index contributed by atoms with van der Waals surface area (Å²) in [5.41, 5.74) is -0.221. The molecule has 3 N–H and O–H groups in total. The van der Waals surface area contributed by atoms with E-state index in [1.165, 1.54) is 6.07 Å². The second kappa shape index (κ2) is 8.91. The second-order valence-electron chi connectivity index (χ2n) is 5.62. The summed E-state index contributed by atoms with van der Waals surface area (Å²) in [4.78, 5) is 14.1. The van der Waals surface area contributed by atoms with Gasteiger partial charge in [-0.3, -0.25) is 4.90 Å². The van der Waals surface area contributed by atoms with Crippen molar-refractivity contribution < 1.29 is 22.7 Å². The molecule has 0 aliphatic carbocycles. The molecule has 25 heavy (non-hydrogen) atoms. The molecule has 0 atom stereocenters. The molecule has 0 bridgehead atoms. The van der Waals surface area contributed by atoms with E-state index in [2.05, 4.69) is 20.9 Å². The number of carbonyl (C=O) groups is 1. The van der Waals surface area contributed by atoms with Crippen molar-refractivity contribution in [2.75, 3.05) is 56.6 Å². The zero-order valence-corrected chi connectivity index (χ0v) is 14.1. The molecule has 1 aromatic carbocycles. The first-order valence-electron chi connectivity index (χ1n) is 8.20. The van der Waals surface area contributed by atoms with E-state index in [0.29, 0.717) is 38.5 Å². The highest BCUT2D eigenvalue weighted by molar-refractivity contribution is 5.93. The van der Waals surface area contributed by atoms with Crippen LogP contribution in [0.3, 0.4) is 0 Å². The van der Waals surface area contributed by atoms with E-state index >= 15 is 0 Å². The molecule has 140 valence electrons. The Bertz CT molecular complexity index is 575. The molecular weight excluding hydrogens is 337 g/mol. The Balaban J connectivity index is 1.90. The summed E-state index contributed by atoms with van der Waals surface area (Å²) in [5, 5.41) is 8.14. The van der Waals surface area contributed by atoms with Crippen LogP contribution < -0.4 is 16.0 Å². The van der Waals surface area contributed by atoms with Crippen molar-refractivity contribution in [3.05, 3.63) is 23.8 Å². The normalized spacial score (nSPS) is 15.7. The van der Waals surface area contributed by atoms with Crippen LogP contribution in [0.4, 0.5) is 29.3 Å². The number of hydrogen-bond acceptors (Lipinski definition) is 4. The van der Waals surface area contributed by atoms with E-state index in [1.54, 1.807) is 6.92 Å². The van der Waals surface area contributed by atoms with Gasteiger partial charge in [0.15, 0.2) is 0 Å². The van der Waals surface area contributed by atoms with Crippen LogP contribution in [0.5, 0.6) is 0 Å². The number of hydrogen-bond donors (Lipinski definition) is 3. The zero-order chi connectivity index (χ0) is 18.3. The third-order valence-electron chi connectivity index (χ3n) is 3.78. The highest BCUT2D eigenvalue weighted by atomic mass is 19.4. The van der Waals surface area contributed by atoms with Crippen molar-refractivity contribution in [1.29, 1.82) is 0 Å². The Kier molecular flexibility index (Phi) is 6.89. The molecule has 2 amide bonds. The molecule has 1 fully saturated rings. The molecule has 1 aliphatic rings. The molecule has 6 nitrogen and oxygen atoms in total. The first-order chi connectivity index (χ1) is 11.9. The Morgan fingerprint density at radius 1 is 1.24 bits per heavy atom. The number of anilines is 2. The van der Waals surface area contributed by atoms with Crippen LogP contribution in [0, 0.1) is 0 Å². The quantitative estimate of drug-likeness (QED) is 0.730. The number of rotatable bonds is 6. The Hall–Kier alpha value is -2.00. The third kappa shape index (κ3) is 6.09. The summed E-state index contributed by atoms with van der Waals surface area (Å²) in [5.74, 6) is 0. The number of benzene rings is 1. The van der Waals surface area contributed by atoms with Gasteiger partial charge in [0, 0.05) is 32.7 Å². The van der Waals surface area contributed by atoms with Gasteiger partial charge in [0.2, 0.25) is 0 Å². The number of nitrogens with zero attached hydrogens (tertiary/aromatic N) is 1. The SMILES string of the molecule is CCNc1cc(C(F)(F)F)ccc1NC(=O)NCCN1CCOCC1. The van der Waals surface area contributed by atoms with Gasteiger partial charge in [0.25, 0.3) is 0 Å². The number of alkyl halides is 3. The lowest BCUT2D eigenvalue weighted by atomic mass is 10.1. The van der Waals surface area contributed by atoms with Crippen LogP contribution in [-0.2, 0) is 10.9 Å². The van der Waals surface area contributed by atoms with Gasteiger partial charge in [-0.15, -0.1) is 0 Å². The van der Waals surface area contributed by atoms with Gasteiger partial charge < -0.3 is 20.7 Å². The van der Waals surface area contributed by atoms with Gasteiger partial charge in [-0.25, -0.2) is 4.79 Å². The number of carbonyl (C=O) groups excluding carboxylic acids is 1. The fourth-order valence-corrected chi connectivity index (χ4v) is 2.49. The zero-order valence-electron chi connectivity index (χ0n) is 14.1. The van der Waals surface area contributed by atoms with Gasteiger partial charge in [-0.05, 0) is 25.1 Å². The maximum atomic E-state index is 12.8. The highest BCUT2D eigenvalue weighted by Crippen LogP contribution is 2.33. The van der Waals surface area contributed by atoms with Crippen molar-refractivity contribution in [3.63, 3.8) is 0 Å². The summed E-state index contributed by atoms with van der Waals surface area (Å²) >= 11 is 0. The molecule has 2 rings (SSSR count). The molecule has 1 aromatic rings. The number of urea groups is 1. The third-order valence-corrected chi connectivity index (χ3v) is 3.78. The monoisotopic (exact) mass is 360 g/mol. The van der Waals surface area contributed by atoms with Crippen LogP contribution >= 0.6 is 0 Å². The Labute approximate surface area is 144 Å². The van der Waals surface area contributed by atoms with Crippen molar-refractivity contribution in [2.45, 2.75) is 13.1 Å². The predicted octanol–water partition coefficient (Wildman–Crippen LogP) is 2.59. The summed E-state index contributed by atoms with van der Waals surface area (Å²) < 4.78 is 43.7. The molecule has 0 spiro atoms. The van der Waals surface area contributed by atoms with Crippen LogP contribution in [0.25, 0.3) is 0 Å². The van der Waals surface area contributed by atoms with Crippen LogP contribution in [0.15, 0.2) is 18.2 Å². The van der Waals surface area contributed by atoms with Crippen LogP contribution in [0.1, 0.15) is 12.5 Å². The minimum absolute atomic E-state index is 0.237. The highest BCUT2D eigenvalue weighted by Gasteiger charge is 2.31. The molecule has 0 saturated carbocycles. The lowest BCUT2D eigenvalue weighted by Crippen LogP contribution is -2.42. The molecule has 0 aromatic heterocycles. The maximum absolute atomic E-state index is 12.8. The number of nitrogens with one attached hydrogen (secondary N) is 3. The van der Waals surface area contributed by atoms with E-state index in [9.17, 15) is 18.0 Å². The number of ether oxygens (including phenoxy) is 1. The number of morpholine rings is 1. The number of amides is 2. The molecule has 1 heterocycles. The maximum Gasteiger partial charge on any atom is 0.416 e. The second-order valence-corrected chi connectivity index (χ2v) is 5.62. The van der Waals surface area contributed by atoms with Crippen molar-refractivity contribution in [3.8, 4) is 0 Å². The molecule has 0 unspecified atom stereocenters. The topological polar surface area (TPSA) is 65.6 Å². The average Bonchev–Trinajstić information content (AvgIpc) is 2.56. The first-order valence-corrected chi connectivity index (χ1v) is 8.20. The van der Waals surface area contributed by atoms with E-state index in [0.717, 1.165) is 25.2 Å². The number of halogens is 3. The molecule has 1 saturated heterocycles. The minimum Gasteiger partial charge on any atom is -0.384 e. The lowest BCUT2D eigenvalue weighted by molar-refractivity contribution is -0.137. The summed E-state index contributed by atoms with van der Waals surface area (Å²) in [6.07, 6.45) is -4.43. The Morgan fingerprint density at radius 3 is 2.60 bits per heavy atom. The van der Waals surface area contributed by atoms with E-state index in [1.807, 2.05) is 0 Å². The van der Waals surface area contributed by atoms with Crippen molar-refractivity contribution >= 4 is 17.4 Å². The Morgan fingerprint density at radius 2 is 1.96 bits per heavy atom. The largest absolute Gasteiger partial charge is 0.416 e. The van der Waals surface area contributed by atoms with Crippen molar-refractivity contribution in [1.82, 2.24) is 10.2 Å². The van der Waals surface area contributed by atoms with E-state index in [4.69, 9.17) is 4.74 Å². The van der Waals surface area contributed by atoms with Gasteiger partial charge in [-0.1, -0.05) is 0 Å². The lowest BCUT2D eigenvalue weighted by Gasteiger charge is -2.26. The van der Waals surface area contributed by atoms with Gasteiger partial charge in [-0.2, -0.15) is 13.2 Å². The predicted molar refractivity (Wildman–Crippen MR) is 89.9 cm³/mol. The van der Waals surface area contributed by atoms with E-state index < -0.39 is 17.8 Å². The first kappa shape index (κ1) is 19.3. The summed E-state index contributed by atoms with van der Waals surface area (Å²) in [7, 11) is 0. The molecule has 0 radical (unpaired) electrons. The molecule has 1 aliphatic heterocycles. The van der Waals surface area contributed by atoms with Gasteiger partial charge in [0.1, 0.15) is 0 Å². The fourth-order valence-electron chi connectivity index (χ4n) is 2.49. The summed E-state index contributed by atoms with van der Waals surface area (Å²) in [6.45, 7) is 6.38. The van der Waals surface area contributed by atoms with Gasteiger partial charge >= 0.3 is 12.2 Å². The molecular formula is C16H23F3N4O2. The summed E-state index contributed by atoms with van der Waals surface area (Å²) in [6, 6.07) is 2.74. The average molecular weight is 360 g/mol. The fraction of sp³-hybridized carbons (Fsp3) is 0.562. The standard InChI is InChI=1S/C16H23F3N4O2/c1-2-20-14-11-12(16(17,18)19)3-4-13(14)22-15(24)21-5-6-23-7-9-25-10-8-23/h3-4,11,20H,2,5-10H2,1H3,(H2,21,22,24).